The van der Waals surface area contributed by atoms with Crippen molar-refractivity contribution in [2.75, 3.05) is 20.8 Å². The molecular formula is C32H27Br2N3O8S. The first-order valence-electron chi connectivity index (χ1n) is 13.8. The number of fused-ring (bicyclic) bond motifs is 1. The first-order valence-corrected chi connectivity index (χ1v) is 16.2. The summed E-state index contributed by atoms with van der Waals surface area (Å²) in [5.74, 6) is 0.804. The summed E-state index contributed by atoms with van der Waals surface area (Å²) in [5, 5.41) is 11.0. The van der Waals surface area contributed by atoms with Gasteiger partial charge in [0.25, 0.3) is 11.2 Å². The molecule has 2 heterocycles. The first-order chi connectivity index (χ1) is 22.1. The van der Waals surface area contributed by atoms with Gasteiger partial charge in [-0.1, -0.05) is 43.2 Å². The molecule has 11 nitrogen and oxygen atoms in total. The van der Waals surface area contributed by atoms with E-state index >= 15 is 0 Å². The normalized spacial score (nSPS) is 14.4. The smallest absolute Gasteiger partial charge is 0.338 e. The fourth-order valence-corrected chi connectivity index (χ4v) is 6.90. The van der Waals surface area contributed by atoms with Crippen LogP contribution in [0.5, 0.6) is 17.2 Å². The van der Waals surface area contributed by atoms with Gasteiger partial charge in [0.15, 0.2) is 16.3 Å². The van der Waals surface area contributed by atoms with Crippen LogP contribution in [-0.2, 0) is 16.1 Å². The van der Waals surface area contributed by atoms with E-state index in [1.807, 2.05) is 12.1 Å². The molecule has 0 amide bonds. The van der Waals surface area contributed by atoms with Crippen molar-refractivity contribution in [1.82, 2.24) is 4.57 Å². The van der Waals surface area contributed by atoms with Gasteiger partial charge in [0.2, 0.25) is 0 Å². The number of nitro groups is 1. The highest BCUT2D eigenvalue weighted by atomic mass is 79.9. The molecule has 238 valence electrons. The number of halogens is 2. The third-order valence-electron chi connectivity index (χ3n) is 7.11. The summed E-state index contributed by atoms with van der Waals surface area (Å²) in [6.45, 7) is 3.72. The quantitative estimate of drug-likeness (QED) is 0.112. The van der Waals surface area contributed by atoms with E-state index in [4.69, 9.17) is 18.9 Å². The second kappa shape index (κ2) is 14.0. The van der Waals surface area contributed by atoms with Gasteiger partial charge < -0.3 is 18.9 Å². The maximum Gasteiger partial charge on any atom is 0.338 e. The second-order valence-corrected chi connectivity index (χ2v) is 12.7. The van der Waals surface area contributed by atoms with E-state index in [0.717, 1.165) is 10.0 Å². The molecule has 0 saturated heterocycles. The Hall–Kier alpha value is -4.27. The Morgan fingerprint density at radius 2 is 1.76 bits per heavy atom. The van der Waals surface area contributed by atoms with E-state index < -0.39 is 16.9 Å². The van der Waals surface area contributed by atoms with Crippen molar-refractivity contribution < 1.29 is 28.7 Å². The Balaban J connectivity index is 1.63. The van der Waals surface area contributed by atoms with E-state index in [9.17, 15) is 19.7 Å². The SMILES string of the molecule is CCOC(=O)C1=C(C)N=c2s/c(=C\c3cc(Br)ccc3OCc3ccc([N+](=O)[O-])cc3)c(=O)n2[C@@H]1c1cc(OC)c(OC)cc1Br. The van der Waals surface area contributed by atoms with Crippen LogP contribution >= 0.6 is 43.2 Å². The van der Waals surface area contributed by atoms with E-state index in [1.165, 1.54) is 42.3 Å². The molecule has 0 spiro atoms. The standard InChI is InChI=1S/C32H27Br2N3O8S/c1-5-44-31(39)28-17(2)35-32-36(29(28)22-14-25(42-3)26(43-4)15-23(22)34)30(38)27(46-32)13-19-12-20(33)8-11-24(19)45-16-18-6-9-21(10-7-18)37(40)41/h6-15,29H,5,16H2,1-4H3/b27-13-/t29-/m1/s1. The molecule has 0 bridgehead atoms. The van der Waals surface area contributed by atoms with Crippen LogP contribution in [0.2, 0.25) is 0 Å². The van der Waals surface area contributed by atoms with Gasteiger partial charge in [-0.25, -0.2) is 9.79 Å². The molecule has 1 aliphatic heterocycles. The highest BCUT2D eigenvalue weighted by Gasteiger charge is 2.35. The lowest BCUT2D eigenvalue weighted by Gasteiger charge is -2.26. The average Bonchev–Trinajstić information content (AvgIpc) is 3.33. The molecule has 3 aromatic carbocycles. The van der Waals surface area contributed by atoms with Crippen molar-refractivity contribution in [2.45, 2.75) is 26.5 Å². The van der Waals surface area contributed by atoms with Gasteiger partial charge in [0.05, 0.1) is 47.6 Å². The third kappa shape index (κ3) is 6.64. The van der Waals surface area contributed by atoms with Gasteiger partial charge in [-0.3, -0.25) is 19.5 Å². The van der Waals surface area contributed by atoms with Crippen molar-refractivity contribution in [3.05, 3.63) is 121 Å². The summed E-state index contributed by atoms with van der Waals surface area (Å²) < 4.78 is 25.7. The number of thiazole rings is 1. The highest BCUT2D eigenvalue weighted by Crippen LogP contribution is 2.41. The summed E-state index contributed by atoms with van der Waals surface area (Å²) in [4.78, 5) is 43.2. The summed E-state index contributed by atoms with van der Waals surface area (Å²) in [6.07, 6.45) is 1.71. The number of benzene rings is 3. The maximum absolute atomic E-state index is 14.2. The highest BCUT2D eigenvalue weighted by molar-refractivity contribution is 9.10. The molecule has 4 aromatic rings. The van der Waals surface area contributed by atoms with E-state index in [-0.39, 0.29) is 30.0 Å². The van der Waals surface area contributed by atoms with Gasteiger partial charge in [-0.05, 0) is 73.5 Å². The molecule has 0 unspecified atom stereocenters. The van der Waals surface area contributed by atoms with Crippen molar-refractivity contribution in [3.8, 4) is 17.2 Å². The minimum atomic E-state index is -0.882. The lowest BCUT2D eigenvalue weighted by atomic mass is 9.95. The molecule has 1 aliphatic rings. The Bertz CT molecular complexity index is 2050. The topological polar surface area (TPSA) is 131 Å². The molecule has 5 rings (SSSR count). The molecule has 1 atom stereocenters. The van der Waals surface area contributed by atoms with Gasteiger partial charge in [-0.15, -0.1) is 0 Å². The van der Waals surface area contributed by atoms with E-state index in [2.05, 4.69) is 36.9 Å². The monoisotopic (exact) mass is 771 g/mol. The molecule has 14 heteroatoms. The first kappa shape index (κ1) is 33.1. The molecule has 1 aromatic heterocycles. The number of carbonyl (C=O) groups is 1. The number of carbonyl (C=O) groups excluding carboxylic acids is 1. The summed E-state index contributed by atoms with van der Waals surface area (Å²) in [5.41, 5.74) is 2.20. The van der Waals surface area contributed by atoms with Gasteiger partial charge >= 0.3 is 5.97 Å². The van der Waals surface area contributed by atoms with Crippen LogP contribution in [0.3, 0.4) is 0 Å². The number of hydrogen-bond acceptors (Lipinski definition) is 10. The van der Waals surface area contributed by atoms with E-state index in [1.54, 1.807) is 50.3 Å². The Kier molecular flexibility index (Phi) is 10.1. The van der Waals surface area contributed by atoms with Crippen LogP contribution < -0.4 is 29.1 Å². The fraction of sp³-hybridized carbons (Fsp3) is 0.219. The summed E-state index contributed by atoms with van der Waals surface area (Å²) >= 11 is 8.29. The van der Waals surface area contributed by atoms with Crippen LogP contribution in [0.25, 0.3) is 6.08 Å². The average molecular weight is 773 g/mol. The van der Waals surface area contributed by atoms with Crippen molar-refractivity contribution in [1.29, 1.82) is 0 Å². The van der Waals surface area contributed by atoms with Crippen LogP contribution in [-0.4, -0.2) is 36.3 Å². The predicted octanol–water partition coefficient (Wildman–Crippen LogP) is 5.83. The number of allylic oxidation sites excluding steroid dienone is 1. The minimum Gasteiger partial charge on any atom is -0.493 e. The molecule has 0 aliphatic carbocycles. The molecule has 0 fully saturated rings. The van der Waals surface area contributed by atoms with Crippen LogP contribution in [0, 0.1) is 10.1 Å². The van der Waals surface area contributed by atoms with Crippen molar-refractivity contribution >= 4 is 60.9 Å². The molecule has 0 N–H and O–H groups in total. The Morgan fingerprint density at radius 3 is 2.41 bits per heavy atom. The largest absolute Gasteiger partial charge is 0.493 e. The number of methoxy groups -OCH3 is 2. The second-order valence-electron chi connectivity index (χ2n) is 9.93. The number of hydrogen-bond donors (Lipinski definition) is 0. The zero-order valence-corrected chi connectivity index (χ0v) is 29.0. The van der Waals surface area contributed by atoms with Crippen LogP contribution in [0.15, 0.2) is 84.6 Å². The predicted molar refractivity (Wildman–Crippen MR) is 179 cm³/mol. The number of nitro benzene ring substituents is 1. The van der Waals surface area contributed by atoms with Crippen molar-refractivity contribution in [3.63, 3.8) is 0 Å². The van der Waals surface area contributed by atoms with Gasteiger partial charge in [0, 0.05) is 26.6 Å². The molecule has 0 saturated carbocycles. The zero-order valence-electron chi connectivity index (χ0n) is 25.0. The van der Waals surface area contributed by atoms with Crippen molar-refractivity contribution in [2.24, 2.45) is 4.99 Å². The van der Waals surface area contributed by atoms with E-state index in [0.29, 0.717) is 47.9 Å². The number of rotatable bonds is 10. The Morgan fingerprint density at radius 1 is 1.07 bits per heavy atom. The zero-order chi connectivity index (χ0) is 33.1. The number of non-ortho nitro benzene ring substituents is 1. The summed E-state index contributed by atoms with van der Waals surface area (Å²) in [7, 11) is 3.03. The molecule has 46 heavy (non-hydrogen) atoms. The van der Waals surface area contributed by atoms with Gasteiger partial charge in [0.1, 0.15) is 12.4 Å². The number of nitrogens with zero attached hydrogens (tertiary/aromatic N) is 3. The number of esters is 1. The summed E-state index contributed by atoms with van der Waals surface area (Å²) in [6, 6.07) is 14.1. The lowest BCUT2D eigenvalue weighted by Crippen LogP contribution is -2.40. The molecular weight excluding hydrogens is 746 g/mol. The number of ether oxygens (including phenoxy) is 4. The lowest BCUT2D eigenvalue weighted by molar-refractivity contribution is -0.384. The molecule has 0 radical (unpaired) electrons. The Labute approximate surface area is 283 Å². The maximum atomic E-state index is 14.2. The fourth-order valence-electron chi connectivity index (χ4n) is 4.94. The van der Waals surface area contributed by atoms with Gasteiger partial charge in [-0.2, -0.15) is 0 Å². The third-order valence-corrected chi connectivity index (χ3v) is 9.28. The van der Waals surface area contributed by atoms with Crippen LogP contribution in [0.1, 0.15) is 36.6 Å². The minimum absolute atomic E-state index is 0.0109. The number of aromatic nitrogens is 1. The van der Waals surface area contributed by atoms with Crippen LogP contribution in [0.4, 0.5) is 5.69 Å².